The summed E-state index contributed by atoms with van der Waals surface area (Å²) in [5, 5.41) is 3.24. The SMILES string of the molecule is O=C(CSc1ccccc1C(=O)N1CCN2CCCCC2C1)NC1CCCCCCC1. The normalized spacial score (nSPS) is 23.5. The predicted octanol–water partition coefficient (Wildman–Crippen LogP) is 4.32. The highest BCUT2D eigenvalue weighted by Gasteiger charge is 2.32. The van der Waals surface area contributed by atoms with Crippen LogP contribution >= 0.6 is 11.8 Å². The molecule has 2 saturated heterocycles. The van der Waals surface area contributed by atoms with Crippen LogP contribution in [0.15, 0.2) is 29.2 Å². The van der Waals surface area contributed by atoms with Crippen molar-refractivity contribution >= 4 is 23.6 Å². The Bertz CT molecular complexity index is 748. The molecule has 1 unspecified atom stereocenters. The van der Waals surface area contributed by atoms with Crippen molar-refractivity contribution in [2.75, 3.05) is 31.9 Å². The number of hydrogen-bond acceptors (Lipinski definition) is 4. The van der Waals surface area contributed by atoms with Crippen LogP contribution in [-0.2, 0) is 4.79 Å². The van der Waals surface area contributed by atoms with Gasteiger partial charge >= 0.3 is 0 Å². The first kappa shape index (κ1) is 22.7. The van der Waals surface area contributed by atoms with E-state index < -0.39 is 0 Å². The molecule has 0 spiro atoms. The summed E-state index contributed by atoms with van der Waals surface area (Å²) < 4.78 is 0. The summed E-state index contributed by atoms with van der Waals surface area (Å²) in [7, 11) is 0. The maximum absolute atomic E-state index is 13.3. The summed E-state index contributed by atoms with van der Waals surface area (Å²) in [6.45, 7) is 3.79. The van der Waals surface area contributed by atoms with Crippen LogP contribution < -0.4 is 5.32 Å². The van der Waals surface area contributed by atoms with E-state index in [1.807, 2.05) is 29.2 Å². The molecule has 3 aliphatic rings. The second-order valence-electron chi connectivity index (χ2n) is 9.33. The number of fused-ring (bicyclic) bond motifs is 1. The number of benzene rings is 1. The smallest absolute Gasteiger partial charge is 0.255 e. The summed E-state index contributed by atoms with van der Waals surface area (Å²) in [6, 6.07) is 8.63. The van der Waals surface area contributed by atoms with Crippen molar-refractivity contribution in [2.24, 2.45) is 0 Å². The van der Waals surface area contributed by atoms with Gasteiger partial charge in [0.05, 0.1) is 11.3 Å². The van der Waals surface area contributed by atoms with Gasteiger partial charge in [0.1, 0.15) is 0 Å². The van der Waals surface area contributed by atoms with Crippen LogP contribution in [0, 0.1) is 0 Å². The Morgan fingerprint density at radius 3 is 2.48 bits per heavy atom. The van der Waals surface area contributed by atoms with Gasteiger partial charge in [-0.3, -0.25) is 14.5 Å². The van der Waals surface area contributed by atoms with Crippen LogP contribution in [0.1, 0.15) is 74.6 Å². The van der Waals surface area contributed by atoms with Gasteiger partial charge in [-0.2, -0.15) is 0 Å². The Morgan fingerprint density at radius 2 is 1.65 bits per heavy atom. The molecule has 6 heteroatoms. The third kappa shape index (κ3) is 6.26. The molecule has 2 amide bonds. The fourth-order valence-corrected chi connectivity index (χ4v) is 6.15. The molecule has 0 bridgehead atoms. The zero-order valence-corrected chi connectivity index (χ0v) is 19.5. The highest BCUT2D eigenvalue weighted by atomic mass is 32.2. The number of nitrogens with one attached hydrogen (secondary N) is 1. The molecule has 170 valence electrons. The van der Waals surface area contributed by atoms with E-state index in [1.54, 1.807) is 0 Å². The fraction of sp³-hybridized carbons (Fsp3) is 0.680. The Kier molecular flexibility index (Phi) is 8.31. The lowest BCUT2D eigenvalue weighted by Crippen LogP contribution is -2.56. The van der Waals surface area contributed by atoms with Gasteiger partial charge in [0.15, 0.2) is 0 Å². The van der Waals surface area contributed by atoms with Crippen molar-refractivity contribution < 1.29 is 9.59 Å². The van der Waals surface area contributed by atoms with Crippen molar-refractivity contribution in [3.63, 3.8) is 0 Å². The molecule has 2 heterocycles. The first-order chi connectivity index (χ1) is 15.2. The van der Waals surface area contributed by atoms with Gasteiger partial charge in [0.2, 0.25) is 5.91 Å². The lowest BCUT2D eigenvalue weighted by atomic mass is 9.97. The summed E-state index contributed by atoms with van der Waals surface area (Å²) in [5.74, 6) is 0.583. The lowest BCUT2D eigenvalue weighted by Gasteiger charge is -2.44. The van der Waals surface area contributed by atoms with E-state index in [1.165, 1.54) is 69.7 Å². The van der Waals surface area contributed by atoms with E-state index in [2.05, 4.69) is 10.2 Å². The molecule has 1 aromatic rings. The zero-order valence-electron chi connectivity index (χ0n) is 18.7. The van der Waals surface area contributed by atoms with Crippen LogP contribution in [0.25, 0.3) is 0 Å². The number of hydrogen-bond donors (Lipinski definition) is 1. The predicted molar refractivity (Wildman–Crippen MR) is 127 cm³/mol. The largest absolute Gasteiger partial charge is 0.353 e. The first-order valence-corrected chi connectivity index (χ1v) is 13.2. The second-order valence-corrected chi connectivity index (χ2v) is 10.3. The number of amides is 2. The van der Waals surface area contributed by atoms with Crippen molar-refractivity contribution in [3.05, 3.63) is 29.8 Å². The van der Waals surface area contributed by atoms with Gasteiger partial charge in [0.25, 0.3) is 5.91 Å². The summed E-state index contributed by atoms with van der Waals surface area (Å²) in [4.78, 5) is 31.4. The molecule has 0 radical (unpaired) electrons. The average Bonchev–Trinajstić information content (AvgIpc) is 2.79. The van der Waals surface area contributed by atoms with Gasteiger partial charge < -0.3 is 10.2 Å². The molecule has 31 heavy (non-hydrogen) atoms. The van der Waals surface area contributed by atoms with Crippen LogP contribution in [0.5, 0.6) is 0 Å². The molecular formula is C25H37N3O2S. The Balaban J connectivity index is 1.32. The van der Waals surface area contributed by atoms with Gasteiger partial charge in [0, 0.05) is 36.6 Å². The maximum Gasteiger partial charge on any atom is 0.255 e. The van der Waals surface area contributed by atoms with Gasteiger partial charge in [-0.1, -0.05) is 50.7 Å². The van der Waals surface area contributed by atoms with Gasteiger partial charge in [-0.25, -0.2) is 0 Å². The number of piperidine rings is 1. The minimum absolute atomic E-state index is 0.0913. The number of nitrogens with zero attached hydrogens (tertiary/aromatic N) is 2. The van der Waals surface area contributed by atoms with Crippen molar-refractivity contribution in [1.29, 1.82) is 0 Å². The van der Waals surface area contributed by atoms with E-state index in [9.17, 15) is 9.59 Å². The van der Waals surface area contributed by atoms with Crippen LogP contribution in [-0.4, -0.2) is 65.6 Å². The van der Waals surface area contributed by atoms with Gasteiger partial charge in [-0.15, -0.1) is 11.8 Å². The third-order valence-electron chi connectivity index (χ3n) is 7.07. The average molecular weight is 444 g/mol. The zero-order chi connectivity index (χ0) is 21.5. The first-order valence-electron chi connectivity index (χ1n) is 12.3. The summed E-state index contributed by atoms with van der Waals surface area (Å²) in [6.07, 6.45) is 12.3. The highest BCUT2D eigenvalue weighted by Crippen LogP contribution is 2.27. The molecule has 1 aromatic carbocycles. The standard InChI is InChI=1S/C25H37N3O2S/c29-24(26-20-10-4-2-1-3-5-11-20)19-31-23-14-7-6-13-22(23)25(30)28-17-16-27-15-9-8-12-21(27)18-28/h6-7,13-14,20-21H,1-5,8-12,15-19H2,(H,26,29). The molecule has 1 atom stereocenters. The third-order valence-corrected chi connectivity index (χ3v) is 8.14. The number of carbonyl (C=O) groups excluding carboxylic acids is 2. The van der Waals surface area contributed by atoms with E-state index in [0.717, 1.165) is 42.9 Å². The summed E-state index contributed by atoms with van der Waals surface area (Å²) in [5.41, 5.74) is 0.746. The fourth-order valence-electron chi connectivity index (χ4n) is 5.29. The molecule has 1 saturated carbocycles. The van der Waals surface area contributed by atoms with Crippen molar-refractivity contribution in [1.82, 2.24) is 15.1 Å². The number of carbonyl (C=O) groups is 2. The monoisotopic (exact) mass is 443 g/mol. The van der Waals surface area contributed by atoms with Crippen molar-refractivity contribution in [3.8, 4) is 0 Å². The van der Waals surface area contributed by atoms with Crippen molar-refractivity contribution in [2.45, 2.75) is 81.2 Å². The Hall–Kier alpha value is -1.53. The minimum atomic E-state index is 0.0913. The summed E-state index contributed by atoms with van der Waals surface area (Å²) >= 11 is 1.50. The second kappa shape index (κ2) is 11.4. The Morgan fingerprint density at radius 1 is 0.903 bits per heavy atom. The minimum Gasteiger partial charge on any atom is -0.353 e. The number of thioether (sulfide) groups is 1. The molecule has 5 nitrogen and oxygen atoms in total. The Labute approximate surface area is 191 Å². The maximum atomic E-state index is 13.3. The molecule has 1 N–H and O–H groups in total. The lowest BCUT2D eigenvalue weighted by molar-refractivity contribution is -0.119. The molecule has 1 aliphatic carbocycles. The van der Waals surface area contributed by atoms with E-state index in [0.29, 0.717) is 17.8 Å². The molecule has 3 fully saturated rings. The number of piperazine rings is 1. The van der Waals surface area contributed by atoms with Crippen LogP contribution in [0.4, 0.5) is 0 Å². The molecule has 0 aromatic heterocycles. The quantitative estimate of drug-likeness (QED) is 0.689. The topological polar surface area (TPSA) is 52.7 Å². The molecular weight excluding hydrogens is 406 g/mol. The molecule has 4 rings (SSSR count). The molecule has 2 aliphatic heterocycles. The van der Waals surface area contributed by atoms with Gasteiger partial charge in [-0.05, 0) is 44.4 Å². The van der Waals surface area contributed by atoms with Crippen LogP contribution in [0.3, 0.4) is 0 Å². The van der Waals surface area contributed by atoms with E-state index in [4.69, 9.17) is 0 Å². The van der Waals surface area contributed by atoms with Crippen LogP contribution in [0.2, 0.25) is 0 Å². The van der Waals surface area contributed by atoms with E-state index in [-0.39, 0.29) is 11.8 Å². The van der Waals surface area contributed by atoms with E-state index >= 15 is 0 Å². The highest BCUT2D eigenvalue weighted by molar-refractivity contribution is 8.00. The number of rotatable bonds is 5.